The summed E-state index contributed by atoms with van der Waals surface area (Å²) in [5.41, 5.74) is 0.0942. The minimum Gasteiger partial charge on any atom is -0.345 e. The van der Waals surface area contributed by atoms with Gasteiger partial charge in [-0.2, -0.15) is 0 Å². The van der Waals surface area contributed by atoms with E-state index in [2.05, 4.69) is 4.98 Å². The van der Waals surface area contributed by atoms with Crippen molar-refractivity contribution in [2.24, 2.45) is 5.41 Å². The van der Waals surface area contributed by atoms with E-state index < -0.39 is 5.41 Å². The van der Waals surface area contributed by atoms with Gasteiger partial charge in [0, 0.05) is 43.4 Å². The fourth-order valence-corrected chi connectivity index (χ4v) is 5.11. The number of carbonyl (C=O) groups excluding carboxylic acids is 2. The van der Waals surface area contributed by atoms with Crippen molar-refractivity contribution in [3.63, 3.8) is 0 Å². The predicted molar refractivity (Wildman–Crippen MR) is 98.6 cm³/mol. The Balaban J connectivity index is 1.66. The van der Waals surface area contributed by atoms with Crippen LogP contribution in [-0.4, -0.2) is 57.7 Å². The summed E-state index contributed by atoms with van der Waals surface area (Å²) in [6.07, 6.45) is 3.80. The molecule has 1 atom stereocenters. The van der Waals surface area contributed by atoms with Crippen LogP contribution in [0, 0.1) is 19.3 Å². The van der Waals surface area contributed by atoms with E-state index in [4.69, 9.17) is 0 Å². The van der Waals surface area contributed by atoms with Gasteiger partial charge in [0.05, 0.1) is 5.41 Å². The number of carbonyl (C=O) groups is 2. The first kappa shape index (κ1) is 17.2. The Morgan fingerprint density at radius 3 is 2.77 bits per heavy atom. The Hall–Kier alpha value is -2.22. The van der Waals surface area contributed by atoms with Crippen molar-refractivity contribution >= 4 is 28.1 Å². The molecule has 0 N–H and O–H groups in total. The average Bonchev–Trinajstić information content (AvgIpc) is 3.16. The minimum atomic E-state index is -0.481. The van der Waals surface area contributed by atoms with Crippen LogP contribution in [0.25, 0.3) is 4.96 Å². The van der Waals surface area contributed by atoms with E-state index in [1.165, 1.54) is 21.9 Å². The molecule has 26 heavy (non-hydrogen) atoms. The lowest BCUT2D eigenvalue weighted by Crippen LogP contribution is -2.48. The summed E-state index contributed by atoms with van der Waals surface area (Å²) in [6, 6.07) is 0. The molecular formula is C18H22N4O3S. The van der Waals surface area contributed by atoms with Crippen molar-refractivity contribution in [3.8, 4) is 0 Å². The Kier molecular flexibility index (Phi) is 3.91. The Bertz CT molecular complexity index is 979. The van der Waals surface area contributed by atoms with Crippen molar-refractivity contribution in [2.45, 2.75) is 33.1 Å². The van der Waals surface area contributed by atoms with E-state index >= 15 is 0 Å². The molecule has 2 amide bonds. The second-order valence-electron chi connectivity index (χ2n) is 7.43. The molecule has 2 aliphatic rings. The third-order valence-electron chi connectivity index (χ3n) is 5.84. The average molecular weight is 374 g/mol. The number of fused-ring (bicyclic) bond motifs is 1. The molecular weight excluding hydrogens is 352 g/mol. The van der Waals surface area contributed by atoms with E-state index in [1.54, 1.807) is 9.80 Å². The van der Waals surface area contributed by atoms with E-state index in [9.17, 15) is 14.4 Å². The molecule has 4 heterocycles. The summed E-state index contributed by atoms with van der Waals surface area (Å²) < 4.78 is 1.51. The van der Waals surface area contributed by atoms with Gasteiger partial charge in [0.2, 0.25) is 5.91 Å². The maximum Gasteiger partial charge on any atom is 0.271 e. The maximum absolute atomic E-state index is 13.0. The molecule has 0 aromatic carbocycles. The lowest BCUT2D eigenvalue weighted by atomic mass is 9.78. The standard InChI is InChI=1S/C18H22N4O3S/c1-11-12(2)26-17-19-9-13(15(24)22(11)17)14(23)21-8-6-18(10-21)5-4-7-20(3)16(18)25/h9H,4-8,10H2,1-3H3/t18-/m0/s1. The molecule has 2 aromatic rings. The molecule has 8 heteroatoms. The SMILES string of the molecule is Cc1sc2ncc(C(=O)N3CC[C@@]4(CCCN(C)C4=O)C3)c(=O)n2c1C. The van der Waals surface area contributed by atoms with Crippen molar-refractivity contribution in [2.75, 3.05) is 26.7 Å². The van der Waals surface area contributed by atoms with Crippen LogP contribution in [-0.2, 0) is 4.79 Å². The van der Waals surface area contributed by atoms with Gasteiger partial charge >= 0.3 is 0 Å². The number of thiazole rings is 1. The van der Waals surface area contributed by atoms with Crippen LogP contribution in [0.2, 0.25) is 0 Å². The molecule has 2 fully saturated rings. The van der Waals surface area contributed by atoms with Gasteiger partial charge in [-0.15, -0.1) is 11.3 Å². The van der Waals surface area contributed by atoms with Gasteiger partial charge in [0.25, 0.3) is 11.5 Å². The zero-order chi connectivity index (χ0) is 18.6. The highest BCUT2D eigenvalue weighted by Crippen LogP contribution is 2.39. The molecule has 0 unspecified atom stereocenters. The normalized spacial score (nSPS) is 23.4. The van der Waals surface area contributed by atoms with Gasteiger partial charge < -0.3 is 9.80 Å². The van der Waals surface area contributed by atoms with Gasteiger partial charge in [0.1, 0.15) is 5.56 Å². The second kappa shape index (κ2) is 5.90. The first-order chi connectivity index (χ1) is 12.3. The molecule has 0 saturated carbocycles. The van der Waals surface area contributed by atoms with E-state index in [-0.39, 0.29) is 22.9 Å². The molecule has 0 aliphatic carbocycles. The number of rotatable bonds is 1. The molecule has 2 aliphatic heterocycles. The number of aromatic nitrogens is 2. The van der Waals surface area contributed by atoms with Gasteiger partial charge in [0.15, 0.2) is 4.96 Å². The number of likely N-dealkylation sites (tertiary alicyclic amines) is 2. The number of piperidine rings is 1. The molecule has 2 saturated heterocycles. The lowest BCUT2D eigenvalue weighted by Gasteiger charge is -2.37. The molecule has 4 rings (SSSR count). The van der Waals surface area contributed by atoms with Crippen molar-refractivity contribution in [3.05, 3.63) is 32.7 Å². The monoisotopic (exact) mass is 374 g/mol. The molecule has 1 spiro atoms. The van der Waals surface area contributed by atoms with E-state index in [0.717, 1.165) is 30.0 Å². The zero-order valence-electron chi connectivity index (χ0n) is 15.2. The van der Waals surface area contributed by atoms with Crippen LogP contribution >= 0.6 is 11.3 Å². The topological polar surface area (TPSA) is 75.0 Å². The van der Waals surface area contributed by atoms with Crippen LogP contribution in [0.4, 0.5) is 0 Å². The van der Waals surface area contributed by atoms with Crippen molar-refractivity contribution < 1.29 is 9.59 Å². The van der Waals surface area contributed by atoms with Gasteiger partial charge in [-0.3, -0.25) is 18.8 Å². The fourth-order valence-electron chi connectivity index (χ4n) is 4.19. The quantitative estimate of drug-likeness (QED) is 0.757. The van der Waals surface area contributed by atoms with Crippen LogP contribution < -0.4 is 5.56 Å². The van der Waals surface area contributed by atoms with E-state index in [0.29, 0.717) is 24.5 Å². The first-order valence-corrected chi connectivity index (χ1v) is 9.68. The second-order valence-corrected chi connectivity index (χ2v) is 8.61. The Labute approximate surface area is 155 Å². The molecule has 0 bridgehead atoms. The number of hydrogen-bond donors (Lipinski definition) is 0. The number of amides is 2. The zero-order valence-corrected chi connectivity index (χ0v) is 16.1. The van der Waals surface area contributed by atoms with Crippen LogP contribution in [0.3, 0.4) is 0 Å². The molecule has 138 valence electrons. The third-order valence-corrected chi connectivity index (χ3v) is 6.91. The summed E-state index contributed by atoms with van der Waals surface area (Å²) in [4.78, 5) is 47.8. The highest BCUT2D eigenvalue weighted by atomic mass is 32.1. The fraction of sp³-hybridized carbons (Fsp3) is 0.556. The first-order valence-electron chi connectivity index (χ1n) is 8.87. The predicted octanol–water partition coefficient (Wildman–Crippen LogP) is 1.46. The smallest absolute Gasteiger partial charge is 0.271 e. The summed E-state index contributed by atoms with van der Waals surface area (Å²) in [6.45, 7) is 5.46. The largest absolute Gasteiger partial charge is 0.345 e. The third kappa shape index (κ3) is 2.39. The lowest BCUT2D eigenvalue weighted by molar-refractivity contribution is -0.143. The van der Waals surface area contributed by atoms with Crippen molar-refractivity contribution in [1.82, 2.24) is 19.2 Å². The van der Waals surface area contributed by atoms with Crippen LogP contribution in [0.1, 0.15) is 40.2 Å². The van der Waals surface area contributed by atoms with E-state index in [1.807, 2.05) is 20.9 Å². The van der Waals surface area contributed by atoms with Crippen LogP contribution in [0.5, 0.6) is 0 Å². The summed E-state index contributed by atoms with van der Waals surface area (Å²) >= 11 is 1.44. The van der Waals surface area contributed by atoms with Crippen LogP contribution in [0.15, 0.2) is 11.0 Å². The Morgan fingerprint density at radius 1 is 1.23 bits per heavy atom. The van der Waals surface area contributed by atoms with Gasteiger partial charge in [-0.05, 0) is 33.1 Å². The van der Waals surface area contributed by atoms with Gasteiger partial charge in [-0.25, -0.2) is 4.98 Å². The number of aryl methyl sites for hydroxylation is 2. The Morgan fingerprint density at radius 2 is 2.00 bits per heavy atom. The highest BCUT2D eigenvalue weighted by molar-refractivity contribution is 7.17. The highest BCUT2D eigenvalue weighted by Gasteiger charge is 2.48. The molecule has 2 aromatic heterocycles. The number of hydrogen-bond acceptors (Lipinski definition) is 5. The number of nitrogens with zero attached hydrogens (tertiary/aromatic N) is 4. The summed E-state index contributed by atoms with van der Waals surface area (Å²) in [7, 11) is 1.82. The maximum atomic E-state index is 13.0. The summed E-state index contributed by atoms with van der Waals surface area (Å²) in [5.74, 6) is -0.202. The molecule has 0 radical (unpaired) electrons. The minimum absolute atomic E-state index is 0.0806. The van der Waals surface area contributed by atoms with Gasteiger partial charge in [-0.1, -0.05) is 0 Å². The molecule has 7 nitrogen and oxygen atoms in total. The summed E-state index contributed by atoms with van der Waals surface area (Å²) in [5, 5.41) is 0. The van der Waals surface area contributed by atoms with Crippen molar-refractivity contribution in [1.29, 1.82) is 0 Å².